The molecule has 40 heavy (non-hydrogen) atoms. The molecular formula is C30H35Cl2N3O4S. The van der Waals surface area contributed by atoms with Gasteiger partial charge in [0.25, 0.3) is 0 Å². The zero-order valence-corrected chi connectivity index (χ0v) is 25.4. The second kappa shape index (κ2) is 14.0. The maximum Gasteiger partial charge on any atom is 0.244 e. The first-order valence-corrected chi connectivity index (χ1v) is 15.6. The molecule has 3 aromatic rings. The number of sulfonamides is 1. The molecule has 214 valence electrons. The van der Waals surface area contributed by atoms with E-state index in [9.17, 15) is 18.0 Å². The predicted molar refractivity (Wildman–Crippen MR) is 162 cm³/mol. The summed E-state index contributed by atoms with van der Waals surface area (Å²) in [6.45, 7) is 5.09. The molecule has 0 radical (unpaired) electrons. The summed E-state index contributed by atoms with van der Waals surface area (Å²) in [6, 6.07) is 20.3. The van der Waals surface area contributed by atoms with Crippen molar-refractivity contribution in [3.8, 4) is 0 Å². The Labute approximate surface area is 247 Å². The quantitative estimate of drug-likeness (QED) is 0.297. The van der Waals surface area contributed by atoms with Crippen LogP contribution in [0, 0.1) is 0 Å². The van der Waals surface area contributed by atoms with Crippen LogP contribution in [0.5, 0.6) is 0 Å². The highest BCUT2D eigenvalue weighted by Crippen LogP contribution is 2.27. The number of nitrogens with one attached hydrogen (secondary N) is 1. The van der Waals surface area contributed by atoms with Crippen LogP contribution in [0.3, 0.4) is 0 Å². The van der Waals surface area contributed by atoms with E-state index < -0.39 is 28.5 Å². The number of benzene rings is 3. The predicted octanol–water partition coefficient (Wildman–Crippen LogP) is 5.49. The molecule has 7 nitrogen and oxygen atoms in total. The van der Waals surface area contributed by atoms with Gasteiger partial charge in [0.15, 0.2) is 0 Å². The van der Waals surface area contributed by atoms with E-state index in [1.807, 2.05) is 63.2 Å². The van der Waals surface area contributed by atoms with Gasteiger partial charge in [-0.3, -0.25) is 13.9 Å². The standard InChI is InChI=1S/C30H35Cl2N3O4S/c1-5-23-13-9-10-14-27(23)35(40(4,38)39)20-29(36)34(19-24-15-16-25(31)18-26(24)32)28(30(37)33-21(2)3)17-22-11-7-6-8-12-22/h6-16,18,21,28H,5,17,19-20H2,1-4H3,(H,33,37). The Bertz CT molecular complexity index is 1430. The van der Waals surface area contributed by atoms with Crippen molar-refractivity contribution in [2.75, 3.05) is 17.1 Å². The molecule has 1 atom stereocenters. The lowest BCUT2D eigenvalue weighted by Gasteiger charge is -2.34. The Balaban J connectivity index is 2.10. The molecule has 2 amide bonds. The maximum absolute atomic E-state index is 14.1. The lowest BCUT2D eigenvalue weighted by molar-refractivity contribution is -0.140. The molecule has 0 aliphatic heterocycles. The molecule has 10 heteroatoms. The minimum absolute atomic E-state index is 0.0229. The highest BCUT2D eigenvalue weighted by molar-refractivity contribution is 7.92. The van der Waals surface area contributed by atoms with Gasteiger partial charge < -0.3 is 10.2 Å². The highest BCUT2D eigenvalue weighted by Gasteiger charge is 2.34. The Kier molecular flexibility index (Phi) is 11.0. The Morgan fingerprint density at radius 1 is 0.925 bits per heavy atom. The van der Waals surface area contributed by atoms with Crippen LogP contribution >= 0.6 is 23.2 Å². The SMILES string of the molecule is CCc1ccccc1N(CC(=O)N(Cc1ccc(Cl)cc1Cl)C(Cc1ccccc1)C(=O)NC(C)C)S(C)(=O)=O. The van der Waals surface area contributed by atoms with Crippen molar-refractivity contribution in [2.24, 2.45) is 0 Å². The number of carbonyl (C=O) groups excluding carboxylic acids is 2. The van der Waals surface area contributed by atoms with Gasteiger partial charge in [0.05, 0.1) is 11.9 Å². The zero-order valence-electron chi connectivity index (χ0n) is 23.1. The van der Waals surface area contributed by atoms with E-state index in [-0.39, 0.29) is 24.9 Å². The summed E-state index contributed by atoms with van der Waals surface area (Å²) >= 11 is 12.6. The van der Waals surface area contributed by atoms with E-state index in [1.165, 1.54) is 4.90 Å². The van der Waals surface area contributed by atoms with Crippen LogP contribution in [-0.4, -0.2) is 50.0 Å². The maximum atomic E-state index is 14.1. The van der Waals surface area contributed by atoms with Gasteiger partial charge in [0.1, 0.15) is 12.6 Å². The molecule has 0 fully saturated rings. The monoisotopic (exact) mass is 603 g/mol. The number of halogens is 2. The third-order valence-corrected chi connectivity index (χ3v) is 8.09. The van der Waals surface area contributed by atoms with Gasteiger partial charge in [-0.1, -0.05) is 84.7 Å². The van der Waals surface area contributed by atoms with E-state index in [1.54, 1.807) is 30.3 Å². The molecule has 1 N–H and O–H groups in total. The van der Waals surface area contributed by atoms with Gasteiger partial charge in [0, 0.05) is 29.1 Å². The molecule has 0 saturated heterocycles. The van der Waals surface area contributed by atoms with E-state index in [0.29, 0.717) is 27.7 Å². The summed E-state index contributed by atoms with van der Waals surface area (Å²) in [6.07, 6.45) is 1.87. The number of nitrogens with zero attached hydrogens (tertiary/aromatic N) is 2. The molecular weight excluding hydrogens is 569 g/mol. The molecule has 3 rings (SSSR count). The Morgan fingerprint density at radius 3 is 2.17 bits per heavy atom. The summed E-state index contributed by atoms with van der Waals surface area (Å²) in [4.78, 5) is 29.2. The summed E-state index contributed by atoms with van der Waals surface area (Å²) in [7, 11) is -3.85. The molecule has 0 aromatic heterocycles. The van der Waals surface area contributed by atoms with Crippen molar-refractivity contribution in [2.45, 2.75) is 52.2 Å². The van der Waals surface area contributed by atoms with Gasteiger partial charge >= 0.3 is 0 Å². The molecule has 3 aromatic carbocycles. The normalized spacial score (nSPS) is 12.2. The van der Waals surface area contributed by atoms with Crippen LogP contribution in [0.2, 0.25) is 10.0 Å². The highest BCUT2D eigenvalue weighted by atomic mass is 35.5. The van der Waals surface area contributed by atoms with E-state index in [4.69, 9.17) is 23.2 Å². The van der Waals surface area contributed by atoms with Crippen molar-refractivity contribution in [3.05, 3.63) is 99.5 Å². The summed E-state index contributed by atoms with van der Waals surface area (Å²) in [5.74, 6) is -0.890. The minimum atomic E-state index is -3.85. The number of amides is 2. The average molecular weight is 605 g/mol. The second-order valence-electron chi connectivity index (χ2n) is 9.88. The average Bonchev–Trinajstić information content (AvgIpc) is 2.89. The number of hydrogen-bond donors (Lipinski definition) is 1. The summed E-state index contributed by atoms with van der Waals surface area (Å²) < 4.78 is 27.1. The first kappa shape index (κ1) is 31.5. The first-order valence-electron chi connectivity index (χ1n) is 13.0. The molecule has 0 saturated carbocycles. The number of rotatable bonds is 12. The van der Waals surface area contributed by atoms with Crippen molar-refractivity contribution in [1.82, 2.24) is 10.2 Å². The van der Waals surface area contributed by atoms with E-state index in [0.717, 1.165) is 21.7 Å². The van der Waals surface area contributed by atoms with Gasteiger partial charge in [-0.15, -0.1) is 0 Å². The fraction of sp³-hybridized carbons (Fsp3) is 0.333. The Morgan fingerprint density at radius 2 is 1.57 bits per heavy atom. The van der Waals surface area contributed by atoms with Crippen LogP contribution in [-0.2, 0) is 39.0 Å². The van der Waals surface area contributed by atoms with Crippen LogP contribution in [0.1, 0.15) is 37.5 Å². The van der Waals surface area contributed by atoms with Gasteiger partial charge in [-0.25, -0.2) is 8.42 Å². The second-order valence-corrected chi connectivity index (χ2v) is 12.6. The van der Waals surface area contributed by atoms with Crippen molar-refractivity contribution in [3.63, 3.8) is 0 Å². The smallest absolute Gasteiger partial charge is 0.244 e. The van der Waals surface area contributed by atoms with Gasteiger partial charge in [-0.05, 0) is 55.2 Å². The van der Waals surface area contributed by atoms with Crippen LogP contribution in [0.15, 0.2) is 72.8 Å². The molecule has 0 aliphatic rings. The number of hydrogen-bond acceptors (Lipinski definition) is 4. The van der Waals surface area contributed by atoms with Gasteiger partial charge in [-0.2, -0.15) is 0 Å². The summed E-state index contributed by atoms with van der Waals surface area (Å²) in [5, 5.41) is 3.69. The first-order chi connectivity index (χ1) is 18.9. The third-order valence-electron chi connectivity index (χ3n) is 6.38. The largest absolute Gasteiger partial charge is 0.352 e. The molecule has 0 heterocycles. The van der Waals surface area contributed by atoms with Crippen LogP contribution < -0.4 is 9.62 Å². The molecule has 0 spiro atoms. The Hall–Kier alpha value is -3.07. The van der Waals surface area contributed by atoms with Crippen LogP contribution in [0.25, 0.3) is 0 Å². The topological polar surface area (TPSA) is 86.8 Å². The van der Waals surface area contributed by atoms with E-state index >= 15 is 0 Å². The lowest BCUT2D eigenvalue weighted by atomic mass is 10.0. The number of anilines is 1. The molecule has 0 bridgehead atoms. The number of aryl methyl sites for hydroxylation is 1. The fourth-order valence-corrected chi connectivity index (χ4v) is 5.76. The van der Waals surface area contributed by atoms with Gasteiger partial charge in [0.2, 0.25) is 21.8 Å². The molecule has 0 aliphatic carbocycles. The lowest BCUT2D eigenvalue weighted by Crippen LogP contribution is -2.54. The summed E-state index contributed by atoms with van der Waals surface area (Å²) in [5.41, 5.74) is 2.64. The minimum Gasteiger partial charge on any atom is -0.352 e. The number of para-hydroxylation sites is 1. The van der Waals surface area contributed by atoms with Crippen LogP contribution in [0.4, 0.5) is 5.69 Å². The zero-order chi connectivity index (χ0) is 29.4. The number of carbonyl (C=O) groups is 2. The van der Waals surface area contributed by atoms with Crippen molar-refractivity contribution >= 4 is 50.7 Å². The molecule has 1 unspecified atom stereocenters. The third kappa shape index (κ3) is 8.46. The fourth-order valence-electron chi connectivity index (χ4n) is 4.42. The van der Waals surface area contributed by atoms with Crippen molar-refractivity contribution < 1.29 is 18.0 Å². The van der Waals surface area contributed by atoms with E-state index in [2.05, 4.69) is 5.32 Å². The van der Waals surface area contributed by atoms with Crippen molar-refractivity contribution in [1.29, 1.82) is 0 Å².